The second kappa shape index (κ2) is 11.1. The smallest absolute Gasteiger partial charge is 0.311 e. The number of carbonyl (C=O) groups excluding carboxylic acids is 1. The Bertz CT molecular complexity index is 439. The third kappa shape index (κ3) is 8.22. The van der Waals surface area contributed by atoms with Crippen molar-refractivity contribution in [1.29, 1.82) is 0 Å². The van der Waals surface area contributed by atoms with Gasteiger partial charge in [-0.3, -0.25) is 4.79 Å². The Kier molecular flexibility index (Phi) is 9.88. The van der Waals surface area contributed by atoms with Gasteiger partial charge >= 0.3 is 5.97 Å². The molecule has 0 aliphatic carbocycles. The van der Waals surface area contributed by atoms with Crippen LogP contribution < -0.4 is 0 Å². The first-order valence-electron chi connectivity index (χ1n) is 10.4. The molecule has 1 saturated heterocycles. The number of hydrogen-bond acceptors (Lipinski definition) is 4. The predicted octanol–water partition coefficient (Wildman–Crippen LogP) is 5.18. The highest BCUT2D eigenvalue weighted by Crippen LogP contribution is 2.37. The van der Waals surface area contributed by atoms with Crippen molar-refractivity contribution < 1.29 is 19.4 Å². The maximum atomic E-state index is 11.6. The predicted molar refractivity (Wildman–Crippen MR) is 106 cm³/mol. The summed E-state index contributed by atoms with van der Waals surface area (Å²) in [5.74, 6) is -0.128. The van der Waals surface area contributed by atoms with E-state index in [-0.39, 0.29) is 23.6 Å². The van der Waals surface area contributed by atoms with E-state index < -0.39 is 5.60 Å². The molecule has 0 aromatic carbocycles. The number of methoxy groups -OCH3 is 1. The van der Waals surface area contributed by atoms with Crippen LogP contribution in [0.5, 0.6) is 0 Å². The molecule has 152 valence electrons. The maximum absolute atomic E-state index is 11.6. The van der Waals surface area contributed by atoms with Crippen molar-refractivity contribution in [2.24, 2.45) is 5.41 Å². The molecule has 1 rings (SSSR count). The van der Waals surface area contributed by atoms with Gasteiger partial charge in [0.15, 0.2) is 0 Å². The summed E-state index contributed by atoms with van der Waals surface area (Å²) in [6.07, 6.45) is 15.1. The zero-order chi connectivity index (χ0) is 19.6. The Balaban J connectivity index is 2.12. The molecule has 1 N–H and O–H groups in total. The summed E-state index contributed by atoms with van der Waals surface area (Å²) in [5.41, 5.74) is -1.23. The first-order valence-corrected chi connectivity index (χ1v) is 10.4. The molecule has 1 aliphatic heterocycles. The van der Waals surface area contributed by atoms with Crippen molar-refractivity contribution in [1.82, 2.24) is 0 Å². The van der Waals surface area contributed by atoms with Gasteiger partial charge in [-0.15, -0.1) is 0 Å². The average molecular weight is 369 g/mol. The number of ether oxygens (including phenoxy) is 2. The number of allylic oxidation sites excluding steroid dienone is 1. The largest absolute Gasteiger partial charge is 0.469 e. The van der Waals surface area contributed by atoms with Gasteiger partial charge < -0.3 is 14.6 Å². The van der Waals surface area contributed by atoms with E-state index in [1.165, 1.54) is 26.4 Å². The summed E-state index contributed by atoms with van der Waals surface area (Å²) in [7, 11) is 1.45. The van der Waals surface area contributed by atoms with E-state index in [2.05, 4.69) is 13.0 Å². The third-order valence-corrected chi connectivity index (χ3v) is 5.37. The summed E-state index contributed by atoms with van der Waals surface area (Å²) >= 11 is 0. The molecule has 1 fully saturated rings. The van der Waals surface area contributed by atoms with E-state index in [1.54, 1.807) is 0 Å². The zero-order valence-corrected chi connectivity index (χ0v) is 17.6. The highest BCUT2D eigenvalue weighted by Gasteiger charge is 2.49. The van der Waals surface area contributed by atoms with E-state index in [1.807, 2.05) is 26.8 Å². The van der Waals surface area contributed by atoms with Gasteiger partial charge in [-0.2, -0.15) is 0 Å². The number of aliphatic hydroxyl groups is 1. The SMILES string of the molecule is CCCCC/C=C\C(C)(O)C1OC1CCCCCCC(C)(C)C(=O)OC. The molecule has 1 heterocycles. The average Bonchev–Trinajstić information content (AvgIpc) is 3.37. The summed E-state index contributed by atoms with van der Waals surface area (Å²) in [4.78, 5) is 11.6. The molecule has 3 unspecified atom stereocenters. The third-order valence-electron chi connectivity index (χ3n) is 5.37. The normalized spacial score (nSPS) is 22.4. The zero-order valence-electron chi connectivity index (χ0n) is 17.6. The van der Waals surface area contributed by atoms with Gasteiger partial charge in [-0.1, -0.05) is 57.6 Å². The lowest BCUT2D eigenvalue weighted by Gasteiger charge is -2.20. The van der Waals surface area contributed by atoms with Crippen LogP contribution in [0.25, 0.3) is 0 Å². The first kappa shape index (κ1) is 23.2. The Morgan fingerprint density at radius 2 is 1.81 bits per heavy atom. The van der Waals surface area contributed by atoms with Crippen LogP contribution in [-0.2, 0) is 14.3 Å². The molecule has 0 radical (unpaired) electrons. The Hall–Kier alpha value is -0.870. The molecule has 0 amide bonds. The van der Waals surface area contributed by atoms with E-state index in [4.69, 9.17) is 9.47 Å². The fraction of sp³-hybridized carbons (Fsp3) is 0.864. The van der Waals surface area contributed by atoms with Crippen LogP contribution >= 0.6 is 0 Å². The van der Waals surface area contributed by atoms with Crippen molar-refractivity contribution in [3.05, 3.63) is 12.2 Å². The first-order chi connectivity index (χ1) is 12.2. The van der Waals surface area contributed by atoms with Crippen LogP contribution in [0.3, 0.4) is 0 Å². The van der Waals surface area contributed by atoms with Crippen LogP contribution in [0.15, 0.2) is 12.2 Å². The lowest BCUT2D eigenvalue weighted by molar-refractivity contribution is -0.151. The van der Waals surface area contributed by atoms with Crippen molar-refractivity contribution in [2.45, 2.75) is 110 Å². The van der Waals surface area contributed by atoms with Gasteiger partial charge in [0, 0.05) is 0 Å². The summed E-state index contributed by atoms with van der Waals surface area (Å²) in [6, 6.07) is 0. The molecule has 4 nitrogen and oxygen atoms in total. The van der Waals surface area contributed by atoms with Crippen molar-refractivity contribution >= 4 is 5.97 Å². The Morgan fingerprint density at radius 1 is 1.12 bits per heavy atom. The lowest BCUT2D eigenvalue weighted by Crippen LogP contribution is -2.30. The number of unbranched alkanes of at least 4 members (excludes halogenated alkanes) is 6. The lowest BCUT2D eigenvalue weighted by atomic mass is 9.87. The molecule has 1 aliphatic rings. The van der Waals surface area contributed by atoms with Crippen LogP contribution in [0.1, 0.15) is 91.9 Å². The van der Waals surface area contributed by atoms with Gasteiger partial charge in [-0.25, -0.2) is 0 Å². The number of epoxide rings is 1. The highest BCUT2D eigenvalue weighted by molar-refractivity contribution is 5.75. The second-order valence-electron chi connectivity index (χ2n) is 8.55. The van der Waals surface area contributed by atoms with Crippen molar-refractivity contribution in [3.8, 4) is 0 Å². The molecule has 0 saturated carbocycles. The van der Waals surface area contributed by atoms with Crippen molar-refractivity contribution in [3.63, 3.8) is 0 Å². The number of carbonyl (C=O) groups is 1. The number of hydrogen-bond donors (Lipinski definition) is 1. The summed E-state index contributed by atoms with van der Waals surface area (Å²) in [5, 5.41) is 10.5. The Labute approximate surface area is 160 Å². The maximum Gasteiger partial charge on any atom is 0.311 e. The molecule has 0 bridgehead atoms. The second-order valence-corrected chi connectivity index (χ2v) is 8.55. The van der Waals surface area contributed by atoms with E-state index in [0.29, 0.717) is 0 Å². The summed E-state index contributed by atoms with van der Waals surface area (Å²) in [6.45, 7) is 7.93. The topological polar surface area (TPSA) is 59.1 Å². The van der Waals surface area contributed by atoms with Crippen molar-refractivity contribution in [2.75, 3.05) is 7.11 Å². The Morgan fingerprint density at radius 3 is 2.46 bits per heavy atom. The molecule has 0 aromatic rings. The van der Waals surface area contributed by atoms with Gasteiger partial charge in [0.05, 0.1) is 18.6 Å². The fourth-order valence-corrected chi connectivity index (χ4v) is 3.45. The van der Waals surface area contributed by atoms with Gasteiger partial charge in [0.1, 0.15) is 11.7 Å². The molecule has 0 spiro atoms. The standard InChI is InChI=1S/C22H40O4/c1-6-7-8-10-14-17-22(4,24)19-18(26-19)15-12-9-11-13-16-21(2,3)20(23)25-5/h14,17-19,24H,6-13,15-16H2,1-5H3/b17-14-. The van der Waals surface area contributed by atoms with Crippen LogP contribution in [0.2, 0.25) is 0 Å². The highest BCUT2D eigenvalue weighted by atomic mass is 16.6. The van der Waals surface area contributed by atoms with E-state index in [0.717, 1.165) is 44.9 Å². The molecule has 4 heteroatoms. The number of rotatable bonds is 14. The minimum Gasteiger partial charge on any atom is -0.469 e. The van der Waals surface area contributed by atoms with Crippen LogP contribution in [0, 0.1) is 5.41 Å². The van der Waals surface area contributed by atoms with Crippen LogP contribution in [0.4, 0.5) is 0 Å². The number of esters is 1. The fourth-order valence-electron chi connectivity index (χ4n) is 3.45. The van der Waals surface area contributed by atoms with Gasteiger partial charge in [-0.05, 0) is 46.5 Å². The molecule has 3 atom stereocenters. The molecular formula is C22H40O4. The molecule has 26 heavy (non-hydrogen) atoms. The summed E-state index contributed by atoms with van der Waals surface area (Å²) < 4.78 is 10.5. The monoisotopic (exact) mass is 368 g/mol. The quantitative estimate of drug-likeness (QED) is 0.199. The molecular weight excluding hydrogens is 328 g/mol. The van der Waals surface area contributed by atoms with Gasteiger partial charge in [0.2, 0.25) is 0 Å². The minimum atomic E-state index is -0.846. The van der Waals surface area contributed by atoms with Gasteiger partial charge in [0.25, 0.3) is 0 Å². The minimum absolute atomic E-state index is 0.0526. The van der Waals surface area contributed by atoms with E-state index >= 15 is 0 Å². The molecule has 0 aromatic heterocycles. The van der Waals surface area contributed by atoms with Crippen LogP contribution in [-0.4, -0.2) is 36.0 Å². The van der Waals surface area contributed by atoms with E-state index in [9.17, 15) is 9.90 Å².